The highest BCUT2D eigenvalue weighted by Crippen LogP contribution is 2.33. The van der Waals surface area contributed by atoms with E-state index in [9.17, 15) is 14.4 Å². The molecule has 7 nitrogen and oxygen atoms in total. The Morgan fingerprint density at radius 2 is 1.69 bits per heavy atom. The summed E-state index contributed by atoms with van der Waals surface area (Å²) in [6.07, 6.45) is 5.61. The molecule has 0 radical (unpaired) electrons. The number of piperidine rings is 1. The van der Waals surface area contributed by atoms with Gasteiger partial charge in [-0.15, -0.1) is 0 Å². The second kappa shape index (κ2) is 15.0. The number of carbonyl (C=O) groups is 3. The van der Waals surface area contributed by atoms with Gasteiger partial charge in [-0.05, 0) is 104 Å². The van der Waals surface area contributed by atoms with Crippen LogP contribution in [0.25, 0.3) is 11.3 Å². The van der Waals surface area contributed by atoms with E-state index in [1.54, 1.807) is 12.3 Å². The highest BCUT2D eigenvalue weighted by molar-refractivity contribution is 7.98. The first kappa shape index (κ1) is 32.0. The number of nitrogens with zero attached hydrogens (tertiary/aromatic N) is 2. The zero-order valence-electron chi connectivity index (χ0n) is 25.8. The van der Waals surface area contributed by atoms with E-state index in [1.807, 2.05) is 74.5 Å². The van der Waals surface area contributed by atoms with Gasteiger partial charge in [-0.1, -0.05) is 24.3 Å². The molecule has 2 heterocycles. The first-order chi connectivity index (χ1) is 21.8. The SMILES string of the molecule is Cc1ccc(C(=O)Cc2ccnc(-c3cc(N4CCCCC4)ccc3NC(=O)c3cccc(CSCCC(=O)O)c3)c2)cc1C. The van der Waals surface area contributed by atoms with Gasteiger partial charge in [0.25, 0.3) is 5.91 Å². The number of nitrogens with one attached hydrogen (secondary N) is 1. The van der Waals surface area contributed by atoms with Gasteiger partial charge in [0.2, 0.25) is 0 Å². The predicted molar refractivity (Wildman–Crippen MR) is 182 cm³/mol. The number of aryl methyl sites for hydroxylation is 2. The van der Waals surface area contributed by atoms with Crippen LogP contribution in [0.4, 0.5) is 11.4 Å². The highest BCUT2D eigenvalue weighted by atomic mass is 32.2. The fraction of sp³-hybridized carbons (Fsp3) is 0.297. The Morgan fingerprint density at radius 1 is 0.867 bits per heavy atom. The minimum Gasteiger partial charge on any atom is -0.481 e. The molecule has 0 atom stereocenters. The maximum atomic E-state index is 13.5. The van der Waals surface area contributed by atoms with Gasteiger partial charge in [-0.3, -0.25) is 19.4 Å². The minimum absolute atomic E-state index is 0.0480. The van der Waals surface area contributed by atoms with Crippen molar-refractivity contribution in [2.75, 3.05) is 29.1 Å². The number of carbonyl (C=O) groups excluding carboxylic acids is 2. The number of hydrogen-bond donors (Lipinski definition) is 2. The lowest BCUT2D eigenvalue weighted by atomic mass is 9.98. The van der Waals surface area contributed by atoms with Crippen LogP contribution in [-0.4, -0.2) is 46.6 Å². The molecule has 1 aliphatic rings. The third-order valence-electron chi connectivity index (χ3n) is 8.18. The molecule has 0 aliphatic carbocycles. The number of ketones is 1. The first-order valence-corrected chi connectivity index (χ1v) is 16.6. The van der Waals surface area contributed by atoms with E-state index in [1.165, 1.54) is 18.2 Å². The van der Waals surface area contributed by atoms with Crippen molar-refractivity contribution in [3.63, 3.8) is 0 Å². The lowest BCUT2D eigenvalue weighted by Gasteiger charge is -2.29. The van der Waals surface area contributed by atoms with Gasteiger partial charge in [0.15, 0.2) is 5.78 Å². The Morgan fingerprint density at radius 3 is 2.47 bits per heavy atom. The van der Waals surface area contributed by atoms with E-state index >= 15 is 0 Å². The van der Waals surface area contributed by atoms with E-state index in [0.29, 0.717) is 34.0 Å². The van der Waals surface area contributed by atoms with Crippen LogP contribution in [0.1, 0.15) is 68.7 Å². The van der Waals surface area contributed by atoms with Gasteiger partial charge in [0, 0.05) is 59.6 Å². The molecule has 3 aromatic carbocycles. The molecular formula is C37H39N3O4S. The van der Waals surface area contributed by atoms with E-state index in [0.717, 1.165) is 59.4 Å². The van der Waals surface area contributed by atoms with Crippen LogP contribution in [0, 0.1) is 13.8 Å². The number of hydrogen-bond acceptors (Lipinski definition) is 6. The lowest BCUT2D eigenvalue weighted by molar-refractivity contribution is -0.136. The smallest absolute Gasteiger partial charge is 0.304 e. The number of carboxylic acids is 1. The fourth-order valence-corrected chi connectivity index (χ4v) is 6.36. The van der Waals surface area contributed by atoms with Crippen LogP contribution >= 0.6 is 11.8 Å². The van der Waals surface area contributed by atoms with Crippen LogP contribution in [0.5, 0.6) is 0 Å². The highest BCUT2D eigenvalue weighted by Gasteiger charge is 2.18. The number of aliphatic carboxylic acids is 1. The number of Topliss-reactive ketones (excluding diaryl/α,β-unsaturated/α-hetero) is 1. The quantitative estimate of drug-likeness (QED) is 0.123. The van der Waals surface area contributed by atoms with Gasteiger partial charge < -0.3 is 15.3 Å². The largest absolute Gasteiger partial charge is 0.481 e. The Bertz CT molecular complexity index is 1700. The molecule has 2 N–H and O–H groups in total. The van der Waals surface area contributed by atoms with Crippen molar-refractivity contribution in [1.29, 1.82) is 0 Å². The van der Waals surface area contributed by atoms with Gasteiger partial charge >= 0.3 is 5.97 Å². The predicted octanol–water partition coefficient (Wildman–Crippen LogP) is 7.74. The molecule has 1 amide bonds. The fourth-order valence-electron chi connectivity index (χ4n) is 5.48. The van der Waals surface area contributed by atoms with Crippen molar-refractivity contribution < 1.29 is 19.5 Å². The second-order valence-corrected chi connectivity index (χ2v) is 12.7. The van der Waals surface area contributed by atoms with Gasteiger partial charge in [-0.25, -0.2) is 0 Å². The maximum Gasteiger partial charge on any atom is 0.304 e. The number of anilines is 2. The minimum atomic E-state index is -0.814. The number of pyridine rings is 1. The van der Waals surface area contributed by atoms with Crippen LogP contribution < -0.4 is 10.2 Å². The molecule has 1 fully saturated rings. The summed E-state index contributed by atoms with van der Waals surface area (Å²) in [5.41, 5.74) is 8.51. The zero-order valence-corrected chi connectivity index (χ0v) is 26.7. The number of carboxylic acid groups (broad SMARTS) is 1. The summed E-state index contributed by atoms with van der Waals surface area (Å²) in [7, 11) is 0. The number of aromatic nitrogens is 1. The monoisotopic (exact) mass is 621 g/mol. The van der Waals surface area contributed by atoms with Gasteiger partial charge in [0.1, 0.15) is 0 Å². The third kappa shape index (κ3) is 8.60. The maximum absolute atomic E-state index is 13.5. The number of amides is 1. The summed E-state index contributed by atoms with van der Waals surface area (Å²) < 4.78 is 0. The van der Waals surface area contributed by atoms with Crippen molar-refractivity contribution >= 4 is 40.8 Å². The standard InChI is InChI=1S/C37H39N3O4S/c1-25-9-10-29(19-26(25)2)35(41)22-27-13-15-38-34(21-27)32-23-31(40-16-4-3-5-17-40)11-12-33(32)39-37(44)30-8-6-7-28(20-30)24-45-18-14-36(42)43/h6-13,15,19-21,23H,3-5,14,16-18,22,24H2,1-2H3,(H,39,44)(H,42,43). The third-order valence-corrected chi connectivity index (χ3v) is 9.21. The topological polar surface area (TPSA) is 99.6 Å². The molecule has 0 unspecified atom stereocenters. The van der Waals surface area contributed by atoms with Crippen LogP contribution in [0.3, 0.4) is 0 Å². The number of thioether (sulfide) groups is 1. The molecule has 1 aromatic heterocycles. The number of benzene rings is 3. The van der Waals surface area contributed by atoms with Crippen LogP contribution in [0.2, 0.25) is 0 Å². The van der Waals surface area contributed by atoms with Gasteiger partial charge in [-0.2, -0.15) is 11.8 Å². The van der Waals surface area contributed by atoms with E-state index in [2.05, 4.69) is 21.3 Å². The summed E-state index contributed by atoms with van der Waals surface area (Å²) in [6.45, 7) is 6.02. The van der Waals surface area contributed by atoms with E-state index in [-0.39, 0.29) is 24.5 Å². The molecule has 1 saturated heterocycles. The molecule has 5 rings (SSSR count). The van der Waals surface area contributed by atoms with Crippen molar-refractivity contribution in [1.82, 2.24) is 4.98 Å². The zero-order chi connectivity index (χ0) is 31.8. The Hall–Kier alpha value is -4.43. The van der Waals surface area contributed by atoms with E-state index < -0.39 is 5.97 Å². The van der Waals surface area contributed by atoms with Gasteiger partial charge in [0.05, 0.1) is 17.8 Å². The van der Waals surface area contributed by atoms with Crippen LogP contribution in [0.15, 0.2) is 79.0 Å². The molecule has 0 bridgehead atoms. The average Bonchev–Trinajstić information content (AvgIpc) is 3.05. The number of rotatable bonds is 12. The summed E-state index contributed by atoms with van der Waals surface area (Å²) in [6, 6.07) is 23.1. The summed E-state index contributed by atoms with van der Waals surface area (Å²) in [5.74, 6) is 0.140. The molecule has 8 heteroatoms. The molecule has 232 valence electrons. The summed E-state index contributed by atoms with van der Waals surface area (Å²) in [5, 5.41) is 12.0. The van der Waals surface area contributed by atoms with Crippen molar-refractivity contribution in [2.45, 2.75) is 51.7 Å². The van der Waals surface area contributed by atoms with Crippen LogP contribution in [-0.2, 0) is 17.0 Å². The average molecular weight is 622 g/mol. The Kier molecular flexibility index (Phi) is 10.7. The summed E-state index contributed by atoms with van der Waals surface area (Å²) in [4.78, 5) is 44.6. The lowest BCUT2D eigenvalue weighted by Crippen LogP contribution is -2.29. The molecule has 45 heavy (non-hydrogen) atoms. The molecule has 0 saturated carbocycles. The second-order valence-electron chi connectivity index (χ2n) is 11.6. The van der Waals surface area contributed by atoms with Crippen molar-refractivity contribution in [2.24, 2.45) is 0 Å². The Balaban J connectivity index is 1.40. The molecular weight excluding hydrogens is 582 g/mol. The van der Waals surface area contributed by atoms with E-state index in [4.69, 9.17) is 5.11 Å². The molecule has 1 aliphatic heterocycles. The van der Waals surface area contributed by atoms with Crippen molar-refractivity contribution in [3.05, 3.63) is 112 Å². The normalized spacial score (nSPS) is 13.0. The molecule has 4 aromatic rings. The first-order valence-electron chi connectivity index (χ1n) is 15.4. The molecule has 0 spiro atoms. The summed E-state index contributed by atoms with van der Waals surface area (Å²) >= 11 is 1.53. The van der Waals surface area contributed by atoms with Crippen molar-refractivity contribution in [3.8, 4) is 11.3 Å². The Labute approximate surface area is 269 Å².